The first-order chi connectivity index (χ1) is 12.7. The molecule has 0 N–H and O–H groups in total. The Morgan fingerprint density at radius 1 is 1.31 bits per heavy atom. The van der Waals surface area contributed by atoms with Gasteiger partial charge in [-0.25, -0.2) is 14.4 Å². The molecule has 8 heteroatoms. The zero-order valence-electron chi connectivity index (χ0n) is 14.2. The summed E-state index contributed by atoms with van der Waals surface area (Å²) >= 11 is 0. The fraction of sp³-hybridized carbons (Fsp3) is 0.333. The maximum Gasteiger partial charge on any atom is 0.318 e. The summed E-state index contributed by atoms with van der Waals surface area (Å²) in [7, 11) is 1.46. The number of fused-ring (bicyclic) bond motifs is 1. The van der Waals surface area contributed by atoms with Crippen molar-refractivity contribution in [3.05, 3.63) is 46.6 Å². The third-order valence-electron chi connectivity index (χ3n) is 4.37. The van der Waals surface area contributed by atoms with Gasteiger partial charge in [0.1, 0.15) is 17.0 Å². The molecule has 1 aliphatic heterocycles. The Kier molecular flexibility index (Phi) is 4.34. The fourth-order valence-corrected chi connectivity index (χ4v) is 3.08. The zero-order chi connectivity index (χ0) is 18.1. The summed E-state index contributed by atoms with van der Waals surface area (Å²) in [6, 6.07) is 5.83. The molecule has 0 amide bonds. The molecule has 2 aromatic heterocycles. The standard InChI is InChI=1S/C18H17FN4O3/c1-25-18-20-9-14-16(22-18)23(10-13-3-2-8-26-13)17(24)15(21-14)11-4-6-12(19)7-5-11/h4-7,9,13H,2-3,8,10H2,1H3/t13-/m1/s1. The minimum atomic E-state index is -0.373. The summed E-state index contributed by atoms with van der Waals surface area (Å²) < 4.78 is 25.5. The predicted octanol–water partition coefficient (Wildman–Crippen LogP) is 2.18. The summed E-state index contributed by atoms with van der Waals surface area (Å²) in [6.45, 7) is 1.05. The van der Waals surface area contributed by atoms with Crippen LogP contribution in [0.2, 0.25) is 0 Å². The van der Waals surface area contributed by atoms with Crippen LogP contribution in [0.1, 0.15) is 12.8 Å². The highest BCUT2D eigenvalue weighted by atomic mass is 19.1. The molecule has 0 radical (unpaired) electrons. The number of hydrogen-bond donors (Lipinski definition) is 0. The molecule has 0 aliphatic carbocycles. The molecule has 134 valence electrons. The first-order valence-electron chi connectivity index (χ1n) is 8.35. The lowest BCUT2D eigenvalue weighted by Gasteiger charge is -2.15. The Balaban J connectivity index is 1.91. The average molecular weight is 356 g/mol. The number of ether oxygens (including phenoxy) is 2. The van der Waals surface area contributed by atoms with Gasteiger partial charge >= 0.3 is 6.01 Å². The number of aromatic nitrogens is 4. The highest BCUT2D eigenvalue weighted by molar-refractivity contribution is 5.73. The molecule has 1 fully saturated rings. The van der Waals surface area contributed by atoms with E-state index in [1.807, 2.05) is 0 Å². The number of rotatable bonds is 4. The molecule has 1 saturated heterocycles. The van der Waals surface area contributed by atoms with E-state index in [9.17, 15) is 9.18 Å². The maximum atomic E-state index is 13.2. The minimum absolute atomic E-state index is 0.0553. The van der Waals surface area contributed by atoms with E-state index in [1.165, 1.54) is 37.6 Å². The summed E-state index contributed by atoms with van der Waals surface area (Å²) in [5.41, 5.74) is 1.31. The Morgan fingerprint density at radius 3 is 2.81 bits per heavy atom. The molecule has 1 aliphatic rings. The second-order valence-corrected chi connectivity index (χ2v) is 6.08. The largest absolute Gasteiger partial charge is 0.467 e. The second kappa shape index (κ2) is 6.80. The molecule has 0 saturated carbocycles. The Bertz CT molecular complexity index is 998. The van der Waals surface area contributed by atoms with E-state index in [1.54, 1.807) is 4.57 Å². The van der Waals surface area contributed by atoms with Gasteiger partial charge in [0.2, 0.25) is 0 Å². The zero-order valence-corrected chi connectivity index (χ0v) is 14.2. The molecule has 7 nitrogen and oxygen atoms in total. The van der Waals surface area contributed by atoms with E-state index in [0.29, 0.717) is 29.9 Å². The van der Waals surface area contributed by atoms with Gasteiger partial charge in [-0.15, -0.1) is 0 Å². The number of halogens is 1. The van der Waals surface area contributed by atoms with Gasteiger partial charge in [-0.2, -0.15) is 4.98 Å². The van der Waals surface area contributed by atoms with Crippen molar-refractivity contribution in [3.8, 4) is 17.3 Å². The van der Waals surface area contributed by atoms with Gasteiger partial charge in [-0.1, -0.05) is 0 Å². The van der Waals surface area contributed by atoms with Crippen molar-refractivity contribution in [1.82, 2.24) is 19.5 Å². The molecule has 26 heavy (non-hydrogen) atoms. The quantitative estimate of drug-likeness (QED) is 0.713. The topological polar surface area (TPSA) is 79.1 Å². The van der Waals surface area contributed by atoms with Crippen LogP contribution in [-0.4, -0.2) is 39.3 Å². The van der Waals surface area contributed by atoms with Crippen molar-refractivity contribution in [2.75, 3.05) is 13.7 Å². The Labute approximate surface area is 148 Å². The highest BCUT2D eigenvalue weighted by Gasteiger charge is 2.21. The fourth-order valence-electron chi connectivity index (χ4n) is 3.08. The van der Waals surface area contributed by atoms with Crippen molar-refractivity contribution in [2.45, 2.75) is 25.5 Å². The van der Waals surface area contributed by atoms with Gasteiger partial charge in [-0.05, 0) is 37.1 Å². The van der Waals surface area contributed by atoms with Crippen LogP contribution in [0.5, 0.6) is 6.01 Å². The van der Waals surface area contributed by atoms with E-state index >= 15 is 0 Å². The van der Waals surface area contributed by atoms with E-state index < -0.39 is 0 Å². The van der Waals surface area contributed by atoms with Gasteiger partial charge in [0.25, 0.3) is 5.56 Å². The van der Waals surface area contributed by atoms with Gasteiger partial charge in [0.05, 0.1) is 26.0 Å². The van der Waals surface area contributed by atoms with E-state index in [-0.39, 0.29) is 29.2 Å². The molecule has 4 rings (SSSR count). The summed E-state index contributed by atoms with van der Waals surface area (Å²) in [4.78, 5) is 25.9. The first-order valence-corrected chi connectivity index (χ1v) is 8.35. The first kappa shape index (κ1) is 16.6. The lowest BCUT2D eigenvalue weighted by atomic mass is 10.1. The molecule has 1 aromatic carbocycles. The number of nitrogens with zero attached hydrogens (tertiary/aromatic N) is 4. The molecule has 3 heterocycles. The van der Waals surface area contributed by atoms with E-state index in [2.05, 4.69) is 15.0 Å². The van der Waals surface area contributed by atoms with Crippen LogP contribution < -0.4 is 10.3 Å². The van der Waals surface area contributed by atoms with Crippen molar-refractivity contribution in [2.24, 2.45) is 0 Å². The van der Waals surface area contributed by atoms with Crippen molar-refractivity contribution >= 4 is 11.2 Å². The van der Waals surface area contributed by atoms with Gasteiger partial charge in [0, 0.05) is 12.2 Å². The van der Waals surface area contributed by atoms with Crippen molar-refractivity contribution in [3.63, 3.8) is 0 Å². The van der Waals surface area contributed by atoms with E-state index in [0.717, 1.165) is 12.8 Å². The summed E-state index contributed by atoms with van der Waals surface area (Å²) in [5.74, 6) is -0.373. The average Bonchev–Trinajstić information content (AvgIpc) is 3.17. The molecule has 0 unspecified atom stereocenters. The normalized spacial score (nSPS) is 16.9. The predicted molar refractivity (Wildman–Crippen MR) is 92.5 cm³/mol. The van der Waals surface area contributed by atoms with Gasteiger partial charge in [-0.3, -0.25) is 9.36 Å². The molecular formula is C18H17FN4O3. The minimum Gasteiger partial charge on any atom is -0.467 e. The lowest BCUT2D eigenvalue weighted by Crippen LogP contribution is -2.29. The molecular weight excluding hydrogens is 339 g/mol. The second-order valence-electron chi connectivity index (χ2n) is 6.08. The lowest BCUT2D eigenvalue weighted by molar-refractivity contribution is 0.0970. The SMILES string of the molecule is COc1ncc2nc(-c3ccc(F)cc3)c(=O)n(C[C@H]3CCCO3)c2n1. The number of methoxy groups -OCH3 is 1. The summed E-state index contributed by atoms with van der Waals surface area (Å²) in [6.07, 6.45) is 3.30. The van der Waals surface area contributed by atoms with Crippen LogP contribution in [-0.2, 0) is 11.3 Å². The molecule has 3 aromatic rings. The molecule has 0 spiro atoms. The van der Waals surface area contributed by atoms with E-state index in [4.69, 9.17) is 9.47 Å². The third kappa shape index (κ3) is 3.03. The number of benzene rings is 1. The highest BCUT2D eigenvalue weighted by Crippen LogP contribution is 2.20. The van der Waals surface area contributed by atoms with Crippen LogP contribution in [0, 0.1) is 5.82 Å². The monoisotopic (exact) mass is 356 g/mol. The smallest absolute Gasteiger partial charge is 0.318 e. The van der Waals surface area contributed by atoms with Crippen LogP contribution in [0.15, 0.2) is 35.3 Å². The van der Waals surface area contributed by atoms with Crippen molar-refractivity contribution in [1.29, 1.82) is 0 Å². The molecule has 1 atom stereocenters. The van der Waals surface area contributed by atoms with Crippen LogP contribution >= 0.6 is 0 Å². The van der Waals surface area contributed by atoms with Gasteiger partial charge < -0.3 is 9.47 Å². The van der Waals surface area contributed by atoms with Crippen LogP contribution in [0.4, 0.5) is 4.39 Å². The van der Waals surface area contributed by atoms with Crippen molar-refractivity contribution < 1.29 is 13.9 Å². The Hall–Kier alpha value is -2.87. The Morgan fingerprint density at radius 2 is 2.12 bits per heavy atom. The van der Waals surface area contributed by atoms with Crippen LogP contribution in [0.3, 0.4) is 0 Å². The summed E-state index contributed by atoms with van der Waals surface area (Å²) in [5, 5.41) is 0. The van der Waals surface area contributed by atoms with Crippen LogP contribution in [0.25, 0.3) is 22.4 Å². The van der Waals surface area contributed by atoms with Gasteiger partial charge in [0.15, 0.2) is 5.65 Å². The maximum absolute atomic E-state index is 13.2. The molecule has 0 bridgehead atoms. The number of hydrogen-bond acceptors (Lipinski definition) is 6. The third-order valence-corrected chi connectivity index (χ3v) is 4.37.